The van der Waals surface area contributed by atoms with Crippen LogP contribution < -0.4 is 18.9 Å². The predicted molar refractivity (Wildman–Crippen MR) is 178 cm³/mol. The van der Waals surface area contributed by atoms with E-state index in [1.165, 1.54) is 6.20 Å². The summed E-state index contributed by atoms with van der Waals surface area (Å²) in [6.07, 6.45) is 4.47. The molecule has 0 radical (unpaired) electrons. The number of rotatable bonds is 9. The lowest BCUT2D eigenvalue weighted by Gasteiger charge is -2.10. The number of hydrogen-bond acceptors (Lipinski definition) is 8. The van der Waals surface area contributed by atoms with E-state index in [1.807, 2.05) is 102 Å². The van der Waals surface area contributed by atoms with E-state index in [0.717, 1.165) is 21.8 Å². The molecule has 0 aliphatic heterocycles. The van der Waals surface area contributed by atoms with Gasteiger partial charge in [0.05, 0.1) is 13.8 Å². The predicted octanol–water partition coefficient (Wildman–Crippen LogP) is 9.53. The van der Waals surface area contributed by atoms with Crippen LogP contribution >= 0.6 is 0 Å². The van der Waals surface area contributed by atoms with Gasteiger partial charge in [-0.3, -0.25) is 4.57 Å². The molecule has 8 aromatic rings. The van der Waals surface area contributed by atoms with Crippen LogP contribution in [0.3, 0.4) is 0 Å². The Labute approximate surface area is 272 Å². The van der Waals surface area contributed by atoms with Gasteiger partial charge in [-0.15, -0.1) is 0 Å². The van der Waals surface area contributed by atoms with Crippen molar-refractivity contribution in [2.75, 3.05) is 0 Å². The summed E-state index contributed by atoms with van der Waals surface area (Å²) in [6, 6.07) is 37.0. The molecule has 8 rings (SSSR count). The van der Waals surface area contributed by atoms with Crippen molar-refractivity contribution >= 4 is 21.8 Å². The quantitative estimate of drug-likeness (QED) is 0.158. The summed E-state index contributed by atoms with van der Waals surface area (Å²) in [5, 5.41) is 1.83. The van der Waals surface area contributed by atoms with E-state index in [-0.39, 0.29) is 18.2 Å². The van der Waals surface area contributed by atoms with Gasteiger partial charge in [0.2, 0.25) is 17.7 Å². The molecule has 0 spiro atoms. The molecule has 9 nitrogen and oxygen atoms in total. The number of nitrogens with zero attached hydrogens (tertiary/aromatic N) is 5. The maximum Gasteiger partial charge on any atom is 0.234 e. The van der Waals surface area contributed by atoms with E-state index in [1.54, 1.807) is 36.7 Å². The molecule has 0 aliphatic rings. The standard InChI is InChI=1S/C38H25N5O4/c1-3-18-39-36(12-1)46-28-10-5-8-26(22-28)44-30-14-16-32-33-17-15-31(25-35(33)43(34(32)24-30)38-41-20-7-21-42-38)45-27-9-6-11-29(23-27)47-37-13-2-4-19-40-37/h1-25H/i7D,20D. The highest BCUT2D eigenvalue weighted by atomic mass is 16.5. The van der Waals surface area contributed by atoms with E-state index in [0.29, 0.717) is 46.3 Å². The van der Waals surface area contributed by atoms with E-state index < -0.39 is 0 Å². The highest BCUT2D eigenvalue weighted by Crippen LogP contribution is 2.38. The van der Waals surface area contributed by atoms with Crippen LogP contribution in [0.4, 0.5) is 0 Å². The minimum Gasteiger partial charge on any atom is -0.457 e. The minimum atomic E-state index is -0.186. The highest BCUT2D eigenvalue weighted by Gasteiger charge is 2.16. The molecule has 0 N–H and O–H groups in total. The van der Waals surface area contributed by atoms with Crippen LogP contribution in [0, 0.1) is 0 Å². The van der Waals surface area contributed by atoms with E-state index in [9.17, 15) is 0 Å². The Hall–Kier alpha value is -6.74. The van der Waals surface area contributed by atoms with Crippen molar-refractivity contribution in [3.8, 4) is 52.2 Å². The largest absolute Gasteiger partial charge is 0.457 e. The van der Waals surface area contributed by atoms with Gasteiger partial charge in [-0.25, -0.2) is 19.9 Å². The molecule has 226 valence electrons. The second kappa shape index (κ2) is 12.3. The van der Waals surface area contributed by atoms with Crippen molar-refractivity contribution in [3.63, 3.8) is 0 Å². The van der Waals surface area contributed by atoms with E-state index in [2.05, 4.69) is 19.9 Å². The lowest BCUT2D eigenvalue weighted by atomic mass is 10.1. The molecular weight excluding hydrogens is 590 g/mol. The molecule has 0 fully saturated rings. The van der Waals surface area contributed by atoms with Crippen LogP contribution in [-0.4, -0.2) is 24.5 Å². The Morgan fingerprint density at radius 2 is 0.957 bits per heavy atom. The first-order chi connectivity index (χ1) is 24.1. The smallest absolute Gasteiger partial charge is 0.234 e. The van der Waals surface area contributed by atoms with E-state index in [4.69, 9.17) is 21.7 Å². The van der Waals surface area contributed by atoms with Crippen molar-refractivity contribution in [2.45, 2.75) is 0 Å². The van der Waals surface area contributed by atoms with E-state index >= 15 is 0 Å². The molecular formula is C38H25N5O4. The zero-order valence-corrected chi connectivity index (χ0v) is 24.6. The molecule has 4 aromatic heterocycles. The van der Waals surface area contributed by atoms with Crippen molar-refractivity contribution in [2.24, 2.45) is 0 Å². The SMILES string of the molecule is [2H]c1cnc(-n2c3cc(Oc4cccc(Oc5ccccn5)c4)ccc3c3ccc(Oc4cccc(Oc5ccccn5)c4)cc32)nc1[2H]. The summed E-state index contributed by atoms with van der Waals surface area (Å²) >= 11 is 0. The summed E-state index contributed by atoms with van der Waals surface area (Å²) in [4.78, 5) is 17.2. The molecule has 0 aliphatic carbocycles. The summed E-state index contributed by atoms with van der Waals surface area (Å²) in [6.45, 7) is 0. The molecule has 0 bridgehead atoms. The minimum absolute atomic E-state index is 0.0711. The maximum absolute atomic E-state index is 8.23. The van der Waals surface area contributed by atoms with Crippen LogP contribution in [0.2, 0.25) is 0 Å². The number of ether oxygens (including phenoxy) is 4. The zero-order chi connectivity index (χ0) is 33.2. The number of pyridine rings is 2. The third-order valence-electron chi connectivity index (χ3n) is 7.18. The molecule has 0 amide bonds. The van der Waals surface area contributed by atoms with Gasteiger partial charge in [-0.2, -0.15) is 0 Å². The number of hydrogen-bond donors (Lipinski definition) is 0. The Kier molecular flexibility index (Phi) is 6.71. The fraction of sp³-hybridized carbons (Fsp3) is 0. The lowest BCUT2D eigenvalue weighted by molar-refractivity contribution is 0.448. The molecule has 4 aromatic carbocycles. The van der Waals surface area contributed by atoms with Crippen LogP contribution in [0.5, 0.6) is 46.3 Å². The topological polar surface area (TPSA) is 93.4 Å². The second-order valence-electron chi connectivity index (χ2n) is 10.3. The highest BCUT2D eigenvalue weighted by molar-refractivity contribution is 6.09. The lowest BCUT2D eigenvalue weighted by Crippen LogP contribution is -2.00. The van der Waals surface area contributed by atoms with Crippen molar-refractivity contribution in [1.29, 1.82) is 0 Å². The molecule has 0 saturated carbocycles. The molecule has 0 saturated heterocycles. The third-order valence-corrected chi connectivity index (χ3v) is 7.18. The first kappa shape index (κ1) is 25.6. The molecule has 0 atom stereocenters. The van der Waals surface area contributed by atoms with Crippen molar-refractivity contribution < 1.29 is 21.7 Å². The van der Waals surface area contributed by atoms with Gasteiger partial charge in [-0.05, 0) is 66.7 Å². The van der Waals surface area contributed by atoms with Gasteiger partial charge in [0.1, 0.15) is 34.5 Å². The van der Waals surface area contributed by atoms with Gasteiger partial charge in [0, 0.05) is 71.9 Å². The van der Waals surface area contributed by atoms with Gasteiger partial charge in [0.25, 0.3) is 0 Å². The van der Waals surface area contributed by atoms with Crippen LogP contribution in [0.25, 0.3) is 27.8 Å². The normalized spacial score (nSPS) is 11.6. The first-order valence-electron chi connectivity index (χ1n) is 15.7. The van der Waals surface area contributed by atoms with Crippen LogP contribution in [-0.2, 0) is 0 Å². The fourth-order valence-corrected chi connectivity index (χ4v) is 5.19. The monoisotopic (exact) mass is 617 g/mol. The summed E-state index contributed by atoms with van der Waals surface area (Å²) in [5.74, 6) is 4.64. The molecule has 0 unspecified atom stereocenters. The Morgan fingerprint density at radius 1 is 0.447 bits per heavy atom. The Balaban J connectivity index is 1.16. The van der Waals surface area contributed by atoms with Gasteiger partial charge in [0.15, 0.2) is 0 Å². The van der Waals surface area contributed by atoms with Gasteiger partial charge >= 0.3 is 0 Å². The molecule has 9 heteroatoms. The first-order valence-corrected chi connectivity index (χ1v) is 14.7. The van der Waals surface area contributed by atoms with Gasteiger partial charge in [-0.1, -0.05) is 24.3 Å². The van der Waals surface area contributed by atoms with Gasteiger partial charge < -0.3 is 18.9 Å². The fourth-order valence-electron chi connectivity index (χ4n) is 5.19. The van der Waals surface area contributed by atoms with Crippen LogP contribution in [0.1, 0.15) is 2.74 Å². The zero-order valence-electron chi connectivity index (χ0n) is 26.6. The van der Waals surface area contributed by atoms with Crippen LogP contribution in [0.15, 0.2) is 152 Å². The average Bonchev–Trinajstić information content (AvgIpc) is 3.43. The van der Waals surface area contributed by atoms with Crippen molar-refractivity contribution in [1.82, 2.24) is 24.5 Å². The average molecular weight is 618 g/mol. The second-order valence-corrected chi connectivity index (χ2v) is 10.3. The summed E-state index contributed by atoms with van der Waals surface area (Å²) < 4.78 is 42.4. The number of fused-ring (bicyclic) bond motifs is 3. The molecule has 4 heterocycles. The number of benzene rings is 4. The Morgan fingerprint density at radius 3 is 1.45 bits per heavy atom. The maximum atomic E-state index is 8.23. The summed E-state index contributed by atoms with van der Waals surface area (Å²) in [5.41, 5.74) is 1.49. The molecule has 47 heavy (non-hydrogen) atoms. The third kappa shape index (κ3) is 6.01. The van der Waals surface area contributed by atoms with Crippen molar-refractivity contribution in [3.05, 3.63) is 152 Å². The number of aromatic nitrogens is 5. The summed E-state index contributed by atoms with van der Waals surface area (Å²) in [7, 11) is 0. The Bertz CT molecular complexity index is 2300.